The highest BCUT2D eigenvalue weighted by Gasteiger charge is 2.21. The van der Waals surface area contributed by atoms with Crippen molar-refractivity contribution in [3.63, 3.8) is 0 Å². The molecule has 2 aromatic rings. The Balaban J connectivity index is 1.83. The molecule has 1 aliphatic rings. The number of amides is 1. The van der Waals surface area contributed by atoms with Gasteiger partial charge in [0.05, 0.1) is 16.9 Å². The molecule has 0 radical (unpaired) electrons. The molecule has 0 unspecified atom stereocenters. The van der Waals surface area contributed by atoms with Gasteiger partial charge in [0.2, 0.25) is 5.91 Å². The number of thiazole rings is 1. The average Bonchev–Trinajstić information content (AvgIpc) is 3.05. The van der Waals surface area contributed by atoms with E-state index in [9.17, 15) is 9.59 Å². The van der Waals surface area contributed by atoms with E-state index in [1.807, 2.05) is 6.92 Å². The van der Waals surface area contributed by atoms with Gasteiger partial charge in [-0.15, -0.1) is 11.3 Å². The summed E-state index contributed by atoms with van der Waals surface area (Å²) in [6.07, 6.45) is 4.41. The third-order valence-electron chi connectivity index (χ3n) is 3.60. The van der Waals surface area contributed by atoms with Crippen LogP contribution < -0.4 is 10.9 Å². The number of aryl methyl sites for hydroxylation is 3. The van der Waals surface area contributed by atoms with Crippen molar-refractivity contribution in [2.75, 3.05) is 5.32 Å². The van der Waals surface area contributed by atoms with Crippen LogP contribution in [0.5, 0.6) is 0 Å². The summed E-state index contributed by atoms with van der Waals surface area (Å²) in [5, 5.41) is 8.68. The number of hydrogen-bond donors (Lipinski definition) is 1. The van der Waals surface area contributed by atoms with Crippen molar-refractivity contribution < 1.29 is 4.79 Å². The number of rotatable bonds is 3. The van der Waals surface area contributed by atoms with Crippen LogP contribution in [0.25, 0.3) is 0 Å². The van der Waals surface area contributed by atoms with Gasteiger partial charge in [-0.05, 0) is 38.7 Å². The lowest BCUT2D eigenvalue weighted by Gasteiger charge is -2.14. The molecular weight excluding hydrogens is 288 g/mol. The normalized spacial score (nSPS) is 14.8. The zero-order valence-corrected chi connectivity index (χ0v) is 12.7. The van der Waals surface area contributed by atoms with Crippen molar-refractivity contribution in [2.24, 2.45) is 0 Å². The maximum Gasteiger partial charge on any atom is 0.267 e. The molecule has 0 aliphatic heterocycles. The summed E-state index contributed by atoms with van der Waals surface area (Å²) in [6, 6.07) is 0.960. The fourth-order valence-electron chi connectivity index (χ4n) is 2.45. The lowest BCUT2D eigenvalue weighted by molar-refractivity contribution is -0.119. The highest BCUT2D eigenvalue weighted by Crippen LogP contribution is 2.20. The molecule has 1 aliphatic carbocycles. The van der Waals surface area contributed by atoms with E-state index >= 15 is 0 Å². The SMILES string of the molecule is Cc1ncc(NC(=O)[C@@H](C)n2nc3c(cc2=O)CCC3)s1. The molecule has 1 N–H and O–H groups in total. The minimum Gasteiger partial charge on any atom is -0.315 e. The summed E-state index contributed by atoms with van der Waals surface area (Å²) in [7, 11) is 0. The molecule has 0 aromatic carbocycles. The maximum atomic E-state index is 12.2. The van der Waals surface area contributed by atoms with Gasteiger partial charge in [0.15, 0.2) is 0 Å². The van der Waals surface area contributed by atoms with Gasteiger partial charge in [-0.2, -0.15) is 5.10 Å². The summed E-state index contributed by atoms with van der Waals surface area (Å²) >= 11 is 1.40. The van der Waals surface area contributed by atoms with Crippen LogP contribution in [0.1, 0.15) is 35.7 Å². The van der Waals surface area contributed by atoms with Gasteiger partial charge >= 0.3 is 0 Å². The fraction of sp³-hybridized carbons (Fsp3) is 0.429. The van der Waals surface area contributed by atoms with E-state index < -0.39 is 6.04 Å². The third-order valence-corrected chi connectivity index (χ3v) is 4.42. The number of fused-ring (bicyclic) bond motifs is 1. The first-order valence-electron chi connectivity index (χ1n) is 6.89. The van der Waals surface area contributed by atoms with Crippen LogP contribution >= 0.6 is 11.3 Å². The smallest absolute Gasteiger partial charge is 0.267 e. The van der Waals surface area contributed by atoms with Gasteiger partial charge in [0.1, 0.15) is 11.0 Å². The van der Waals surface area contributed by atoms with Gasteiger partial charge in [0.25, 0.3) is 5.56 Å². The monoisotopic (exact) mass is 304 g/mol. The molecule has 0 spiro atoms. The van der Waals surface area contributed by atoms with Crippen molar-refractivity contribution in [1.29, 1.82) is 0 Å². The van der Waals surface area contributed by atoms with Crippen molar-refractivity contribution in [1.82, 2.24) is 14.8 Å². The summed E-state index contributed by atoms with van der Waals surface area (Å²) < 4.78 is 1.27. The molecule has 0 saturated carbocycles. The Morgan fingerprint density at radius 2 is 2.29 bits per heavy atom. The first-order valence-corrected chi connectivity index (χ1v) is 7.71. The van der Waals surface area contributed by atoms with Crippen LogP contribution in [0, 0.1) is 6.92 Å². The molecule has 110 valence electrons. The van der Waals surface area contributed by atoms with Gasteiger partial charge in [-0.3, -0.25) is 9.59 Å². The molecule has 0 bridgehead atoms. The summed E-state index contributed by atoms with van der Waals surface area (Å²) in [6.45, 7) is 3.55. The second-order valence-corrected chi connectivity index (χ2v) is 6.40. The quantitative estimate of drug-likeness (QED) is 0.936. The van der Waals surface area contributed by atoms with Crippen LogP contribution in [-0.2, 0) is 17.6 Å². The van der Waals surface area contributed by atoms with E-state index in [4.69, 9.17) is 0 Å². The second kappa shape index (κ2) is 5.40. The van der Waals surface area contributed by atoms with E-state index in [-0.39, 0.29) is 11.5 Å². The number of carbonyl (C=O) groups excluding carboxylic acids is 1. The highest BCUT2D eigenvalue weighted by molar-refractivity contribution is 7.15. The van der Waals surface area contributed by atoms with Crippen molar-refractivity contribution in [3.05, 3.63) is 38.9 Å². The minimum absolute atomic E-state index is 0.223. The third kappa shape index (κ3) is 2.73. The van der Waals surface area contributed by atoms with Crippen LogP contribution in [0.2, 0.25) is 0 Å². The lowest BCUT2D eigenvalue weighted by atomic mass is 10.2. The Morgan fingerprint density at radius 3 is 3.00 bits per heavy atom. The Labute approximate surface area is 125 Å². The second-order valence-electron chi connectivity index (χ2n) is 5.16. The molecule has 1 atom stereocenters. The van der Waals surface area contributed by atoms with E-state index in [1.165, 1.54) is 16.0 Å². The summed E-state index contributed by atoms with van der Waals surface area (Å²) in [5.74, 6) is -0.258. The van der Waals surface area contributed by atoms with Gasteiger partial charge in [0, 0.05) is 6.07 Å². The van der Waals surface area contributed by atoms with Gasteiger partial charge < -0.3 is 5.32 Å². The largest absolute Gasteiger partial charge is 0.315 e. The van der Waals surface area contributed by atoms with Crippen LogP contribution in [0.15, 0.2) is 17.1 Å². The minimum atomic E-state index is -0.647. The topological polar surface area (TPSA) is 76.9 Å². The highest BCUT2D eigenvalue weighted by atomic mass is 32.1. The number of hydrogen-bond acceptors (Lipinski definition) is 5. The summed E-state index contributed by atoms with van der Waals surface area (Å²) in [5.41, 5.74) is 1.73. The van der Waals surface area contributed by atoms with Gasteiger partial charge in [-0.25, -0.2) is 9.67 Å². The average molecular weight is 304 g/mol. The lowest BCUT2D eigenvalue weighted by Crippen LogP contribution is -2.33. The number of aromatic nitrogens is 3. The van der Waals surface area contributed by atoms with Crippen LogP contribution in [0.3, 0.4) is 0 Å². The maximum absolute atomic E-state index is 12.2. The molecule has 0 saturated heterocycles. The van der Waals surface area contributed by atoms with Crippen molar-refractivity contribution in [2.45, 2.75) is 39.2 Å². The van der Waals surface area contributed by atoms with E-state index in [2.05, 4.69) is 15.4 Å². The molecule has 2 heterocycles. The number of anilines is 1. The molecule has 2 aromatic heterocycles. The zero-order valence-electron chi connectivity index (χ0n) is 11.9. The fourth-order valence-corrected chi connectivity index (χ4v) is 3.13. The predicted molar refractivity (Wildman–Crippen MR) is 80.7 cm³/mol. The number of nitrogens with one attached hydrogen (secondary N) is 1. The summed E-state index contributed by atoms with van der Waals surface area (Å²) in [4.78, 5) is 28.4. The molecule has 6 nitrogen and oxygen atoms in total. The first kappa shape index (κ1) is 13.9. The van der Waals surface area contributed by atoms with Gasteiger partial charge in [-0.1, -0.05) is 0 Å². The van der Waals surface area contributed by atoms with Crippen molar-refractivity contribution >= 4 is 22.2 Å². The molecular formula is C14H16N4O2S. The Kier molecular flexibility index (Phi) is 3.59. The molecule has 21 heavy (non-hydrogen) atoms. The Bertz CT molecular complexity index is 750. The Hall–Kier alpha value is -2.02. The van der Waals surface area contributed by atoms with E-state index in [1.54, 1.807) is 19.2 Å². The zero-order chi connectivity index (χ0) is 15.0. The molecule has 0 fully saturated rings. The molecule has 7 heteroatoms. The van der Waals surface area contributed by atoms with E-state index in [0.717, 1.165) is 35.5 Å². The molecule has 1 amide bonds. The number of nitrogens with zero attached hydrogens (tertiary/aromatic N) is 3. The van der Waals surface area contributed by atoms with Crippen molar-refractivity contribution in [3.8, 4) is 0 Å². The van der Waals surface area contributed by atoms with Crippen LogP contribution in [0.4, 0.5) is 5.00 Å². The molecule has 3 rings (SSSR count). The number of carbonyl (C=O) groups is 1. The first-order chi connectivity index (χ1) is 10.0. The standard InChI is InChI=1S/C14H16N4O2S/c1-8(14(20)16-12-7-15-9(2)21-12)18-13(19)6-10-4-3-5-11(10)17-18/h6-8H,3-5H2,1-2H3,(H,16,20)/t8-/m1/s1. The predicted octanol–water partition coefficient (Wildman–Crippen LogP) is 1.70. The Morgan fingerprint density at radius 1 is 1.48 bits per heavy atom. The van der Waals surface area contributed by atoms with Crippen LogP contribution in [-0.4, -0.2) is 20.7 Å². The van der Waals surface area contributed by atoms with E-state index in [0.29, 0.717) is 5.00 Å².